The molecule has 2 rings (SSSR count). The predicted molar refractivity (Wildman–Crippen MR) is 72.6 cm³/mol. The number of nitrogens with zero attached hydrogens (tertiary/aromatic N) is 2. The lowest BCUT2D eigenvalue weighted by Crippen LogP contribution is -2.20. The van der Waals surface area contributed by atoms with E-state index in [1.165, 1.54) is 5.56 Å². The van der Waals surface area contributed by atoms with Crippen LogP contribution in [-0.4, -0.2) is 17.2 Å². The molecule has 1 heterocycles. The summed E-state index contributed by atoms with van der Waals surface area (Å²) < 4.78 is 0. The molecule has 0 saturated carbocycles. The molecule has 0 aliphatic rings. The highest BCUT2D eigenvalue weighted by Gasteiger charge is 2.22. The van der Waals surface area contributed by atoms with E-state index in [2.05, 4.69) is 53.6 Å². The lowest BCUT2D eigenvalue weighted by atomic mass is 9.82. The van der Waals surface area contributed by atoms with Crippen molar-refractivity contribution in [2.45, 2.75) is 25.7 Å². The molecular formula is C13H17N3S. The first-order valence-electron chi connectivity index (χ1n) is 5.67. The second-order valence-electron chi connectivity index (χ2n) is 4.68. The number of rotatable bonds is 4. The van der Waals surface area contributed by atoms with E-state index in [-0.39, 0.29) is 5.41 Å². The van der Waals surface area contributed by atoms with Crippen LogP contribution in [0.4, 0.5) is 5.13 Å². The van der Waals surface area contributed by atoms with Gasteiger partial charge in [0.05, 0.1) is 0 Å². The van der Waals surface area contributed by atoms with Gasteiger partial charge in [0.2, 0.25) is 5.13 Å². The van der Waals surface area contributed by atoms with Crippen molar-refractivity contribution in [2.24, 2.45) is 0 Å². The second-order valence-corrected chi connectivity index (χ2v) is 5.74. The molecule has 1 aromatic heterocycles. The molecule has 17 heavy (non-hydrogen) atoms. The molecule has 1 aromatic carbocycles. The Bertz CT molecular complexity index is 476. The molecule has 2 aromatic rings. The molecular weight excluding hydrogens is 230 g/mol. The molecule has 0 fully saturated rings. The third-order valence-electron chi connectivity index (χ3n) is 2.83. The zero-order chi connectivity index (χ0) is 12.3. The van der Waals surface area contributed by atoms with Crippen molar-refractivity contribution in [3.63, 3.8) is 0 Å². The highest BCUT2D eigenvalue weighted by molar-refractivity contribution is 7.15. The molecule has 3 nitrogen and oxygen atoms in total. The van der Waals surface area contributed by atoms with Gasteiger partial charge in [-0.1, -0.05) is 55.5 Å². The van der Waals surface area contributed by atoms with Crippen LogP contribution in [0.1, 0.15) is 24.4 Å². The number of hydrogen-bond donors (Lipinski definition) is 1. The highest BCUT2D eigenvalue weighted by Crippen LogP contribution is 2.29. The van der Waals surface area contributed by atoms with Crippen LogP contribution in [0.15, 0.2) is 30.3 Å². The van der Waals surface area contributed by atoms with Gasteiger partial charge in [-0.15, -0.1) is 10.2 Å². The van der Waals surface area contributed by atoms with E-state index in [1.54, 1.807) is 11.3 Å². The van der Waals surface area contributed by atoms with Gasteiger partial charge < -0.3 is 5.32 Å². The molecule has 0 bridgehead atoms. The van der Waals surface area contributed by atoms with Crippen molar-refractivity contribution in [3.05, 3.63) is 40.9 Å². The maximum absolute atomic E-state index is 4.20. The van der Waals surface area contributed by atoms with E-state index in [1.807, 2.05) is 13.1 Å². The summed E-state index contributed by atoms with van der Waals surface area (Å²) in [6, 6.07) is 10.5. The van der Waals surface area contributed by atoms with Crippen molar-refractivity contribution >= 4 is 16.5 Å². The van der Waals surface area contributed by atoms with Gasteiger partial charge in [0.1, 0.15) is 5.01 Å². The Morgan fingerprint density at radius 1 is 1.18 bits per heavy atom. The lowest BCUT2D eigenvalue weighted by Gasteiger charge is -2.23. The number of hydrogen-bond acceptors (Lipinski definition) is 4. The number of nitrogens with one attached hydrogen (secondary N) is 1. The molecule has 0 saturated heterocycles. The number of benzene rings is 1. The monoisotopic (exact) mass is 247 g/mol. The molecule has 4 heteroatoms. The van der Waals surface area contributed by atoms with Crippen molar-refractivity contribution in [1.82, 2.24) is 10.2 Å². The van der Waals surface area contributed by atoms with E-state index in [4.69, 9.17) is 0 Å². The molecule has 0 aliphatic heterocycles. The topological polar surface area (TPSA) is 37.8 Å². The first-order valence-corrected chi connectivity index (χ1v) is 6.49. The third kappa shape index (κ3) is 2.82. The SMILES string of the molecule is CNc1nnc(CC(C)(C)c2ccccc2)s1. The lowest BCUT2D eigenvalue weighted by molar-refractivity contribution is 0.519. The van der Waals surface area contributed by atoms with Crippen LogP contribution in [-0.2, 0) is 11.8 Å². The third-order valence-corrected chi connectivity index (χ3v) is 3.77. The molecule has 90 valence electrons. The maximum atomic E-state index is 4.20. The summed E-state index contributed by atoms with van der Waals surface area (Å²) in [5, 5.41) is 13.2. The van der Waals surface area contributed by atoms with Crippen LogP contribution < -0.4 is 5.32 Å². The van der Waals surface area contributed by atoms with Gasteiger partial charge in [-0.2, -0.15) is 0 Å². The Kier molecular flexibility index (Phi) is 3.43. The predicted octanol–water partition coefficient (Wildman–Crippen LogP) is 3.10. The van der Waals surface area contributed by atoms with Crippen molar-refractivity contribution in [3.8, 4) is 0 Å². The summed E-state index contributed by atoms with van der Waals surface area (Å²) in [6.07, 6.45) is 0.913. The van der Waals surface area contributed by atoms with E-state index in [9.17, 15) is 0 Å². The molecule has 0 radical (unpaired) electrons. The number of anilines is 1. The zero-order valence-electron chi connectivity index (χ0n) is 10.4. The maximum Gasteiger partial charge on any atom is 0.205 e. The van der Waals surface area contributed by atoms with Gasteiger partial charge >= 0.3 is 0 Å². The molecule has 0 atom stereocenters. The number of aromatic nitrogens is 2. The van der Waals surface area contributed by atoms with Crippen molar-refractivity contribution in [2.75, 3.05) is 12.4 Å². The highest BCUT2D eigenvalue weighted by atomic mass is 32.1. The van der Waals surface area contributed by atoms with Crippen LogP contribution in [0.25, 0.3) is 0 Å². The first-order chi connectivity index (χ1) is 8.12. The standard InChI is InChI=1S/C13H17N3S/c1-13(2,10-7-5-4-6-8-10)9-11-15-16-12(14-3)17-11/h4-8H,9H2,1-3H3,(H,14,16). The smallest absolute Gasteiger partial charge is 0.205 e. The quantitative estimate of drug-likeness (QED) is 0.902. The Labute approximate surface area is 106 Å². The zero-order valence-corrected chi connectivity index (χ0v) is 11.2. The minimum atomic E-state index is 0.0891. The summed E-state index contributed by atoms with van der Waals surface area (Å²) in [4.78, 5) is 0. The van der Waals surface area contributed by atoms with Gasteiger partial charge in [0, 0.05) is 13.5 Å². The van der Waals surface area contributed by atoms with Gasteiger partial charge in [0.25, 0.3) is 0 Å². The largest absolute Gasteiger partial charge is 0.363 e. The minimum Gasteiger partial charge on any atom is -0.363 e. The second kappa shape index (κ2) is 4.84. The minimum absolute atomic E-state index is 0.0891. The van der Waals surface area contributed by atoms with Crippen LogP contribution >= 0.6 is 11.3 Å². The summed E-state index contributed by atoms with van der Waals surface area (Å²) in [5.74, 6) is 0. The summed E-state index contributed by atoms with van der Waals surface area (Å²) in [6.45, 7) is 4.48. The van der Waals surface area contributed by atoms with Crippen LogP contribution in [0, 0.1) is 0 Å². The molecule has 0 unspecified atom stereocenters. The van der Waals surface area contributed by atoms with Gasteiger partial charge in [-0.3, -0.25) is 0 Å². The summed E-state index contributed by atoms with van der Waals surface area (Å²) in [7, 11) is 1.87. The summed E-state index contributed by atoms with van der Waals surface area (Å²) in [5.41, 5.74) is 1.42. The fourth-order valence-electron chi connectivity index (χ4n) is 1.80. The van der Waals surface area contributed by atoms with Gasteiger partial charge in [-0.05, 0) is 11.0 Å². The molecule has 0 spiro atoms. The van der Waals surface area contributed by atoms with Crippen LogP contribution in [0.5, 0.6) is 0 Å². The Hall–Kier alpha value is -1.42. The van der Waals surface area contributed by atoms with Crippen molar-refractivity contribution < 1.29 is 0 Å². The molecule has 0 aliphatic carbocycles. The van der Waals surface area contributed by atoms with E-state index < -0.39 is 0 Å². The average molecular weight is 247 g/mol. The fourth-order valence-corrected chi connectivity index (χ4v) is 2.72. The van der Waals surface area contributed by atoms with Crippen LogP contribution in [0.3, 0.4) is 0 Å². The van der Waals surface area contributed by atoms with Crippen molar-refractivity contribution in [1.29, 1.82) is 0 Å². The normalized spacial score (nSPS) is 11.5. The van der Waals surface area contributed by atoms with Gasteiger partial charge in [0.15, 0.2) is 0 Å². The van der Waals surface area contributed by atoms with E-state index >= 15 is 0 Å². The first kappa shape index (κ1) is 12.0. The Balaban J connectivity index is 2.17. The van der Waals surface area contributed by atoms with E-state index in [0.29, 0.717) is 0 Å². The Morgan fingerprint density at radius 3 is 2.47 bits per heavy atom. The van der Waals surface area contributed by atoms with Crippen LogP contribution in [0.2, 0.25) is 0 Å². The fraction of sp³-hybridized carbons (Fsp3) is 0.385. The van der Waals surface area contributed by atoms with Gasteiger partial charge in [-0.25, -0.2) is 0 Å². The molecule has 1 N–H and O–H groups in total. The Morgan fingerprint density at radius 2 is 1.88 bits per heavy atom. The summed E-state index contributed by atoms with van der Waals surface area (Å²) >= 11 is 1.62. The van der Waals surface area contributed by atoms with E-state index in [0.717, 1.165) is 16.6 Å². The average Bonchev–Trinajstić information content (AvgIpc) is 2.77. The molecule has 0 amide bonds.